The van der Waals surface area contributed by atoms with Crippen molar-refractivity contribution in [2.24, 2.45) is 5.84 Å². The summed E-state index contributed by atoms with van der Waals surface area (Å²) in [6.07, 6.45) is 6.24. The van der Waals surface area contributed by atoms with E-state index in [1.807, 2.05) is 11.0 Å². The molecule has 3 rings (SSSR count). The number of likely N-dealkylation sites (tertiary alicyclic amines) is 1. The number of amides is 2. The van der Waals surface area contributed by atoms with Gasteiger partial charge in [-0.15, -0.1) is 0 Å². The highest BCUT2D eigenvalue weighted by Crippen LogP contribution is 2.24. The zero-order valence-electron chi connectivity index (χ0n) is 17.6. The molecule has 2 aliphatic rings. The van der Waals surface area contributed by atoms with Crippen LogP contribution < -0.4 is 10.6 Å². The van der Waals surface area contributed by atoms with Gasteiger partial charge in [-0.2, -0.15) is 0 Å². The third kappa shape index (κ3) is 6.44. The lowest BCUT2D eigenvalue weighted by Gasteiger charge is -2.29. The van der Waals surface area contributed by atoms with E-state index in [0.717, 1.165) is 42.3 Å². The summed E-state index contributed by atoms with van der Waals surface area (Å²) in [7, 11) is 1.50. The SMILES string of the molecule is CN(N)C(=O)CCC(=O)N1CCc2cc(OCCCN3CCCCC3)ccc2C1. The summed E-state index contributed by atoms with van der Waals surface area (Å²) in [6.45, 7) is 5.58. The molecule has 1 fully saturated rings. The van der Waals surface area contributed by atoms with Crippen molar-refractivity contribution in [1.82, 2.24) is 14.8 Å². The van der Waals surface area contributed by atoms with Crippen LogP contribution in [-0.2, 0) is 22.6 Å². The molecule has 2 heterocycles. The molecule has 0 aliphatic carbocycles. The molecule has 0 saturated carbocycles. The number of carbonyl (C=O) groups is 2. The first-order valence-corrected chi connectivity index (χ1v) is 10.8. The Hall–Kier alpha value is -2.12. The van der Waals surface area contributed by atoms with Gasteiger partial charge in [0, 0.05) is 39.5 Å². The Bertz CT molecular complexity index is 701. The van der Waals surface area contributed by atoms with Crippen molar-refractivity contribution in [1.29, 1.82) is 0 Å². The van der Waals surface area contributed by atoms with Crippen LogP contribution in [0.2, 0.25) is 0 Å². The van der Waals surface area contributed by atoms with E-state index in [2.05, 4.69) is 17.0 Å². The molecule has 0 unspecified atom stereocenters. The summed E-state index contributed by atoms with van der Waals surface area (Å²) in [4.78, 5) is 28.3. The van der Waals surface area contributed by atoms with Gasteiger partial charge in [-0.1, -0.05) is 12.5 Å². The average Bonchev–Trinajstić information content (AvgIpc) is 2.75. The first-order valence-electron chi connectivity index (χ1n) is 10.8. The second-order valence-corrected chi connectivity index (χ2v) is 8.10. The molecule has 1 aromatic rings. The van der Waals surface area contributed by atoms with E-state index in [0.29, 0.717) is 13.1 Å². The maximum atomic E-state index is 12.4. The molecular weight excluding hydrogens is 368 g/mol. The molecule has 7 nitrogen and oxygen atoms in total. The number of hydrogen-bond acceptors (Lipinski definition) is 5. The van der Waals surface area contributed by atoms with Crippen LogP contribution in [0.4, 0.5) is 0 Å². The second-order valence-electron chi connectivity index (χ2n) is 8.10. The quantitative estimate of drug-likeness (QED) is 0.311. The predicted molar refractivity (Wildman–Crippen MR) is 112 cm³/mol. The van der Waals surface area contributed by atoms with Crippen molar-refractivity contribution in [2.75, 3.05) is 39.8 Å². The van der Waals surface area contributed by atoms with E-state index in [9.17, 15) is 9.59 Å². The summed E-state index contributed by atoms with van der Waals surface area (Å²) in [5.74, 6) is 6.10. The number of rotatable bonds is 8. The van der Waals surface area contributed by atoms with Crippen LogP contribution in [0.5, 0.6) is 5.75 Å². The number of benzene rings is 1. The molecule has 0 atom stereocenters. The van der Waals surface area contributed by atoms with Crippen LogP contribution in [0, 0.1) is 0 Å². The standard InChI is InChI=1S/C22H34N4O3/c1-24(23)21(27)8-9-22(28)26-14-10-18-16-20(7-6-19(18)17-26)29-15-5-13-25-11-3-2-4-12-25/h6-7,16H,2-5,8-15,17,23H2,1H3. The van der Waals surface area contributed by atoms with Gasteiger partial charge in [0.15, 0.2) is 0 Å². The fourth-order valence-electron chi connectivity index (χ4n) is 4.04. The zero-order chi connectivity index (χ0) is 20.6. The fourth-order valence-corrected chi connectivity index (χ4v) is 4.04. The number of hydrazine groups is 1. The minimum absolute atomic E-state index is 0.00360. The molecule has 160 valence electrons. The van der Waals surface area contributed by atoms with Gasteiger partial charge >= 0.3 is 0 Å². The van der Waals surface area contributed by atoms with E-state index in [-0.39, 0.29) is 24.7 Å². The molecule has 1 saturated heterocycles. The van der Waals surface area contributed by atoms with Crippen molar-refractivity contribution in [3.8, 4) is 5.75 Å². The van der Waals surface area contributed by atoms with Crippen LogP contribution in [0.25, 0.3) is 0 Å². The highest BCUT2D eigenvalue weighted by Gasteiger charge is 2.22. The summed E-state index contributed by atoms with van der Waals surface area (Å²) in [5.41, 5.74) is 2.41. The van der Waals surface area contributed by atoms with Crippen molar-refractivity contribution >= 4 is 11.8 Å². The van der Waals surface area contributed by atoms with E-state index in [1.165, 1.54) is 45.0 Å². The van der Waals surface area contributed by atoms with Crippen molar-refractivity contribution in [3.05, 3.63) is 29.3 Å². The normalized spacial score (nSPS) is 17.0. The summed E-state index contributed by atoms with van der Waals surface area (Å²) in [6, 6.07) is 6.18. The molecule has 2 amide bonds. The summed E-state index contributed by atoms with van der Waals surface area (Å²) >= 11 is 0. The number of ether oxygens (including phenoxy) is 1. The number of nitrogens with two attached hydrogens (primary N) is 1. The summed E-state index contributed by atoms with van der Waals surface area (Å²) in [5, 5.41) is 1.03. The fraction of sp³-hybridized carbons (Fsp3) is 0.636. The largest absolute Gasteiger partial charge is 0.494 e. The van der Waals surface area contributed by atoms with E-state index in [1.54, 1.807) is 0 Å². The molecule has 2 N–H and O–H groups in total. The lowest BCUT2D eigenvalue weighted by Crippen LogP contribution is -2.38. The molecule has 0 radical (unpaired) electrons. The first-order chi connectivity index (χ1) is 14.0. The van der Waals surface area contributed by atoms with Crippen LogP contribution in [0.15, 0.2) is 18.2 Å². The van der Waals surface area contributed by atoms with Gasteiger partial charge in [-0.05, 0) is 62.0 Å². The van der Waals surface area contributed by atoms with E-state index < -0.39 is 0 Å². The van der Waals surface area contributed by atoms with Gasteiger partial charge in [-0.3, -0.25) is 14.6 Å². The van der Waals surface area contributed by atoms with E-state index in [4.69, 9.17) is 10.6 Å². The Balaban J connectivity index is 1.42. The number of carbonyl (C=O) groups excluding carboxylic acids is 2. The van der Waals surface area contributed by atoms with Gasteiger partial charge in [0.2, 0.25) is 11.8 Å². The van der Waals surface area contributed by atoms with Gasteiger partial charge < -0.3 is 14.5 Å². The van der Waals surface area contributed by atoms with Gasteiger partial charge in [0.05, 0.1) is 6.61 Å². The molecular formula is C22H34N4O3. The van der Waals surface area contributed by atoms with Crippen LogP contribution in [0.3, 0.4) is 0 Å². The van der Waals surface area contributed by atoms with Gasteiger partial charge in [-0.25, -0.2) is 5.84 Å². The lowest BCUT2D eigenvalue weighted by atomic mass is 9.99. The lowest BCUT2D eigenvalue weighted by molar-refractivity contribution is -0.137. The third-order valence-corrected chi connectivity index (χ3v) is 5.82. The first kappa shape index (κ1) is 21.6. The van der Waals surface area contributed by atoms with E-state index >= 15 is 0 Å². The van der Waals surface area contributed by atoms with Crippen molar-refractivity contribution in [2.45, 2.75) is 51.5 Å². The molecule has 0 bridgehead atoms. The Kier molecular flexibility index (Phi) is 7.89. The minimum Gasteiger partial charge on any atom is -0.494 e. The number of fused-ring (bicyclic) bond motifs is 1. The molecule has 7 heteroatoms. The average molecular weight is 403 g/mol. The number of nitrogens with zero attached hydrogens (tertiary/aromatic N) is 3. The number of hydrogen-bond donors (Lipinski definition) is 1. The summed E-state index contributed by atoms with van der Waals surface area (Å²) < 4.78 is 5.96. The molecule has 0 spiro atoms. The zero-order valence-corrected chi connectivity index (χ0v) is 17.6. The highest BCUT2D eigenvalue weighted by molar-refractivity contribution is 5.83. The van der Waals surface area contributed by atoms with Gasteiger partial charge in [0.25, 0.3) is 0 Å². The smallest absolute Gasteiger partial charge is 0.236 e. The highest BCUT2D eigenvalue weighted by atomic mass is 16.5. The Labute approximate surface area is 173 Å². The van der Waals surface area contributed by atoms with Gasteiger partial charge in [0.1, 0.15) is 5.75 Å². The maximum absolute atomic E-state index is 12.4. The Morgan fingerprint density at radius 3 is 2.66 bits per heavy atom. The van der Waals surface area contributed by atoms with Crippen LogP contribution in [0.1, 0.15) is 49.7 Å². The molecule has 2 aliphatic heterocycles. The third-order valence-electron chi connectivity index (χ3n) is 5.82. The van der Waals surface area contributed by atoms with Crippen LogP contribution >= 0.6 is 0 Å². The molecule has 1 aromatic carbocycles. The number of piperidine rings is 1. The Morgan fingerprint density at radius 1 is 1.10 bits per heavy atom. The van der Waals surface area contributed by atoms with Crippen molar-refractivity contribution in [3.63, 3.8) is 0 Å². The molecule has 0 aromatic heterocycles. The maximum Gasteiger partial charge on any atom is 0.236 e. The minimum atomic E-state index is -0.224. The van der Waals surface area contributed by atoms with Crippen molar-refractivity contribution < 1.29 is 14.3 Å². The van der Waals surface area contributed by atoms with Crippen LogP contribution in [-0.4, -0.2) is 66.5 Å². The Morgan fingerprint density at radius 2 is 1.90 bits per heavy atom. The molecule has 29 heavy (non-hydrogen) atoms. The second kappa shape index (κ2) is 10.6. The monoisotopic (exact) mass is 402 g/mol. The topological polar surface area (TPSA) is 79.1 Å². The predicted octanol–water partition coefficient (Wildman–Crippen LogP) is 1.94.